The zero-order valence-electron chi connectivity index (χ0n) is 16.7. The third kappa shape index (κ3) is 3.84. The van der Waals surface area contributed by atoms with E-state index in [2.05, 4.69) is 85.3 Å². The first kappa shape index (κ1) is 18.0. The van der Waals surface area contributed by atoms with E-state index in [0.717, 1.165) is 44.1 Å². The van der Waals surface area contributed by atoms with E-state index in [4.69, 9.17) is 4.99 Å². The highest BCUT2D eigenvalue weighted by molar-refractivity contribution is 6.23. The van der Waals surface area contributed by atoms with Crippen LogP contribution in [0.5, 0.6) is 0 Å². The number of amidine groups is 1. The third-order valence-corrected chi connectivity index (χ3v) is 5.65. The fraction of sp³-hybridized carbons (Fsp3) is 0.375. The number of allylic oxidation sites excluding steroid dienone is 1. The molecule has 0 aliphatic carbocycles. The van der Waals surface area contributed by atoms with Crippen molar-refractivity contribution in [2.24, 2.45) is 4.99 Å². The molecule has 0 atom stereocenters. The molecule has 0 unspecified atom stereocenters. The topological polar surface area (TPSA) is 18.8 Å². The number of benzene rings is 2. The van der Waals surface area contributed by atoms with Crippen molar-refractivity contribution in [3.63, 3.8) is 0 Å². The lowest BCUT2D eigenvalue weighted by Gasteiger charge is -2.35. The van der Waals surface area contributed by atoms with E-state index in [1.54, 1.807) is 0 Å². The minimum absolute atomic E-state index is 0.539. The Hall–Kier alpha value is -2.39. The minimum Gasteiger partial charge on any atom is -0.354 e. The number of nitrogens with zero attached hydrogens (tertiary/aromatic N) is 3. The summed E-state index contributed by atoms with van der Waals surface area (Å²) in [6.07, 6.45) is 3.31. The summed E-state index contributed by atoms with van der Waals surface area (Å²) in [4.78, 5) is 10.1. The molecule has 2 aliphatic heterocycles. The highest BCUT2D eigenvalue weighted by Gasteiger charge is 2.23. The van der Waals surface area contributed by atoms with Crippen LogP contribution in [-0.2, 0) is 6.42 Å². The summed E-state index contributed by atoms with van der Waals surface area (Å²) in [6.45, 7) is 8.73. The number of rotatable bonds is 2. The maximum absolute atomic E-state index is 5.20. The van der Waals surface area contributed by atoms with E-state index >= 15 is 0 Å². The smallest absolute Gasteiger partial charge is 0.136 e. The van der Waals surface area contributed by atoms with E-state index in [-0.39, 0.29) is 0 Å². The van der Waals surface area contributed by atoms with Crippen LogP contribution in [0.3, 0.4) is 0 Å². The number of aliphatic imine (C=N–C) groups is 1. The average Bonchev–Trinajstić information content (AvgIpc) is 2.88. The molecule has 27 heavy (non-hydrogen) atoms. The zero-order valence-corrected chi connectivity index (χ0v) is 16.7. The number of hydrogen-bond acceptors (Lipinski definition) is 3. The SMILES string of the molecule is CC(C)c1ccc2c(c1)CC=C(c1ccccc1)C(N1CCN(C)CC1)=N2. The molecule has 1 fully saturated rings. The maximum atomic E-state index is 5.20. The van der Waals surface area contributed by atoms with Crippen LogP contribution in [0, 0.1) is 0 Å². The van der Waals surface area contributed by atoms with Crippen molar-refractivity contribution < 1.29 is 0 Å². The summed E-state index contributed by atoms with van der Waals surface area (Å²) in [7, 11) is 2.20. The summed E-state index contributed by atoms with van der Waals surface area (Å²) in [6, 6.07) is 17.5. The predicted molar refractivity (Wildman–Crippen MR) is 115 cm³/mol. The number of likely N-dealkylation sites (N-methyl/N-ethyl adjacent to an activating group) is 1. The van der Waals surface area contributed by atoms with Crippen LogP contribution in [0.1, 0.15) is 36.5 Å². The molecule has 0 radical (unpaired) electrons. The first-order valence-corrected chi connectivity index (χ1v) is 10.0. The lowest BCUT2D eigenvalue weighted by Crippen LogP contribution is -2.47. The molecule has 3 heteroatoms. The summed E-state index contributed by atoms with van der Waals surface area (Å²) in [5.74, 6) is 1.67. The van der Waals surface area contributed by atoms with E-state index in [9.17, 15) is 0 Å². The number of fused-ring (bicyclic) bond motifs is 1. The van der Waals surface area contributed by atoms with Crippen LogP contribution in [0.4, 0.5) is 5.69 Å². The molecule has 4 rings (SSSR count). The van der Waals surface area contributed by atoms with Gasteiger partial charge in [-0.2, -0.15) is 0 Å². The summed E-state index contributed by atoms with van der Waals surface area (Å²) in [5, 5.41) is 0. The second-order valence-corrected chi connectivity index (χ2v) is 7.96. The van der Waals surface area contributed by atoms with Gasteiger partial charge >= 0.3 is 0 Å². The van der Waals surface area contributed by atoms with Crippen LogP contribution >= 0.6 is 0 Å². The molecule has 0 N–H and O–H groups in total. The molecule has 2 aromatic rings. The molecule has 0 aromatic heterocycles. The van der Waals surface area contributed by atoms with Crippen molar-refractivity contribution >= 4 is 17.1 Å². The molecule has 0 amide bonds. The van der Waals surface area contributed by atoms with Gasteiger partial charge in [0, 0.05) is 31.8 Å². The molecule has 2 aliphatic rings. The maximum Gasteiger partial charge on any atom is 0.136 e. The van der Waals surface area contributed by atoms with Crippen molar-refractivity contribution in [1.29, 1.82) is 0 Å². The second kappa shape index (κ2) is 7.69. The molecule has 3 nitrogen and oxygen atoms in total. The molecule has 140 valence electrons. The Morgan fingerprint density at radius 3 is 2.37 bits per heavy atom. The molecule has 1 saturated heterocycles. The number of piperazine rings is 1. The largest absolute Gasteiger partial charge is 0.354 e. The number of hydrogen-bond donors (Lipinski definition) is 0. The van der Waals surface area contributed by atoms with Crippen molar-refractivity contribution in [3.05, 3.63) is 71.3 Å². The quantitative estimate of drug-likeness (QED) is 0.772. The minimum atomic E-state index is 0.539. The zero-order chi connectivity index (χ0) is 18.8. The first-order chi connectivity index (χ1) is 13.1. The highest BCUT2D eigenvalue weighted by Crippen LogP contribution is 2.32. The Bertz CT molecular complexity index is 856. The van der Waals surface area contributed by atoms with Gasteiger partial charge in [0.1, 0.15) is 5.84 Å². The van der Waals surface area contributed by atoms with E-state index < -0.39 is 0 Å². The molecule has 0 spiro atoms. The van der Waals surface area contributed by atoms with Crippen molar-refractivity contribution in [2.45, 2.75) is 26.2 Å². The Morgan fingerprint density at radius 1 is 0.926 bits per heavy atom. The summed E-state index contributed by atoms with van der Waals surface area (Å²) in [5.41, 5.74) is 6.37. The van der Waals surface area contributed by atoms with E-state index in [1.165, 1.54) is 22.3 Å². The first-order valence-electron chi connectivity index (χ1n) is 10.0. The molecule has 0 bridgehead atoms. The Kier molecular flexibility index (Phi) is 5.13. The van der Waals surface area contributed by atoms with Gasteiger partial charge in [0.25, 0.3) is 0 Å². The van der Waals surface area contributed by atoms with Gasteiger partial charge in [-0.1, -0.05) is 62.4 Å². The van der Waals surface area contributed by atoms with Gasteiger partial charge in [-0.3, -0.25) is 0 Å². The van der Waals surface area contributed by atoms with Gasteiger partial charge in [-0.05, 0) is 42.1 Å². The van der Waals surface area contributed by atoms with Gasteiger partial charge < -0.3 is 9.80 Å². The molecular weight excluding hydrogens is 330 g/mol. The molecular formula is C24H29N3. The summed E-state index contributed by atoms with van der Waals surface area (Å²) < 4.78 is 0. The lowest BCUT2D eigenvalue weighted by atomic mass is 9.97. The van der Waals surface area contributed by atoms with E-state index in [1.807, 2.05) is 0 Å². The molecule has 2 aromatic carbocycles. The predicted octanol–water partition coefficient (Wildman–Crippen LogP) is 4.73. The third-order valence-electron chi connectivity index (χ3n) is 5.65. The second-order valence-electron chi connectivity index (χ2n) is 7.96. The van der Waals surface area contributed by atoms with Crippen LogP contribution in [0.2, 0.25) is 0 Å². The van der Waals surface area contributed by atoms with Gasteiger partial charge in [-0.25, -0.2) is 4.99 Å². The van der Waals surface area contributed by atoms with E-state index in [0.29, 0.717) is 5.92 Å². The summed E-state index contributed by atoms with van der Waals surface area (Å²) >= 11 is 0. The molecule has 2 heterocycles. The Morgan fingerprint density at radius 2 is 1.67 bits per heavy atom. The molecule has 0 saturated carbocycles. The standard InChI is InChI=1S/C24H29N3/c1-18(2)20-10-12-23-21(17-20)9-11-22(19-7-5-4-6-8-19)24(25-23)27-15-13-26(3)14-16-27/h4-8,10-12,17-18H,9,13-16H2,1-3H3. The van der Waals surface area contributed by atoms with Crippen molar-refractivity contribution in [1.82, 2.24) is 9.80 Å². The Labute approximate surface area is 163 Å². The average molecular weight is 360 g/mol. The van der Waals surface area contributed by atoms with Crippen LogP contribution in [-0.4, -0.2) is 48.9 Å². The van der Waals surface area contributed by atoms with Crippen LogP contribution in [0.15, 0.2) is 59.6 Å². The fourth-order valence-electron chi connectivity index (χ4n) is 3.84. The van der Waals surface area contributed by atoms with Gasteiger partial charge in [-0.15, -0.1) is 0 Å². The normalized spacial score (nSPS) is 18.0. The van der Waals surface area contributed by atoms with Crippen LogP contribution < -0.4 is 0 Å². The Balaban J connectivity index is 1.78. The lowest BCUT2D eigenvalue weighted by molar-refractivity contribution is 0.216. The van der Waals surface area contributed by atoms with Gasteiger partial charge in [0.2, 0.25) is 0 Å². The van der Waals surface area contributed by atoms with Crippen molar-refractivity contribution in [3.8, 4) is 0 Å². The van der Waals surface area contributed by atoms with Gasteiger partial charge in [0.05, 0.1) is 5.69 Å². The highest BCUT2D eigenvalue weighted by atomic mass is 15.3. The van der Waals surface area contributed by atoms with Crippen LogP contribution in [0.25, 0.3) is 5.57 Å². The monoisotopic (exact) mass is 359 g/mol. The van der Waals surface area contributed by atoms with Crippen molar-refractivity contribution in [2.75, 3.05) is 33.2 Å². The van der Waals surface area contributed by atoms with Gasteiger partial charge in [0.15, 0.2) is 0 Å². The fourth-order valence-corrected chi connectivity index (χ4v) is 3.84.